The van der Waals surface area contributed by atoms with Crippen LogP contribution < -0.4 is 20.5 Å². The van der Waals surface area contributed by atoms with E-state index >= 15 is 0 Å². The summed E-state index contributed by atoms with van der Waals surface area (Å²) in [5.74, 6) is 0.242. The van der Waals surface area contributed by atoms with Gasteiger partial charge in [0.05, 0.1) is 7.11 Å². The van der Waals surface area contributed by atoms with Gasteiger partial charge in [-0.2, -0.15) is 0 Å². The van der Waals surface area contributed by atoms with Crippen molar-refractivity contribution >= 4 is 15.9 Å². The molecule has 1 atom stereocenters. The minimum atomic E-state index is -3.73. The number of carbonyl (C=O) groups excluding carboxylic acids is 1. The number of amides is 1. The van der Waals surface area contributed by atoms with Crippen molar-refractivity contribution in [3.63, 3.8) is 0 Å². The van der Waals surface area contributed by atoms with Crippen LogP contribution in [0.3, 0.4) is 0 Å². The van der Waals surface area contributed by atoms with Crippen molar-refractivity contribution in [2.45, 2.75) is 43.0 Å². The first-order valence-corrected chi connectivity index (χ1v) is 10.0. The first-order chi connectivity index (χ1) is 11.9. The third-order valence-corrected chi connectivity index (χ3v) is 6.21. The van der Waals surface area contributed by atoms with E-state index in [9.17, 15) is 13.2 Å². The fraction of sp³-hybridized carbons (Fsp3) is 0.588. The Morgan fingerprint density at radius 2 is 2.00 bits per heavy atom. The number of rotatable bonds is 7. The minimum Gasteiger partial charge on any atom is -0.495 e. The molecule has 0 aromatic heterocycles. The molecule has 25 heavy (non-hydrogen) atoms. The number of methoxy groups -OCH3 is 1. The molecule has 1 aliphatic carbocycles. The summed E-state index contributed by atoms with van der Waals surface area (Å²) in [7, 11) is -1.03. The number of carbonyl (C=O) groups is 1. The van der Waals surface area contributed by atoms with E-state index in [4.69, 9.17) is 10.5 Å². The van der Waals surface area contributed by atoms with Gasteiger partial charge in [0.2, 0.25) is 10.0 Å². The molecular formula is C17H27N3O4S. The van der Waals surface area contributed by atoms with E-state index < -0.39 is 10.0 Å². The maximum atomic E-state index is 12.6. The molecule has 0 heterocycles. The summed E-state index contributed by atoms with van der Waals surface area (Å²) in [5, 5.41) is 2.97. The second-order valence-corrected chi connectivity index (χ2v) is 8.14. The molecule has 1 saturated carbocycles. The van der Waals surface area contributed by atoms with Crippen LogP contribution in [0.5, 0.6) is 5.75 Å². The summed E-state index contributed by atoms with van der Waals surface area (Å²) < 4.78 is 31.6. The van der Waals surface area contributed by atoms with Gasteiger partial charge in [-0.15, -0.1) is 0 Å². The number of nitrogens with two attached hydrogens (primary N) is 1. The Morgan fingerprint density at radius 1 is 1.32 bits per heavy atom. The first kappa shape index (κ1) is 19.7. The Morgan fingerprint density at radius 3 is 2.56 bits per heavy atom. The van der Waals surface area contributed by atoms with E-state index in [1.54, 1.807) is 6.07 Å². The Balaban J connectivity index is 2.22. The van der Waals surface area contributed by atoms with Crippen molar-refractivity contribution in [3.8, 4) is 5.75 Å². The van der Waals surface area contributed by atoms with E-state index in [1.165, 1.54) is 32.7 Å². The summed E-state index contributed by atoms with van der Waals surface area (Å²) in [5.41, 5.74) is 6.12. The molecule has 4 N–H and O–H groups in total. The second-order valence-electron chi connectivity index (χ2n) is 6.29. The molecule has 1 aliphatic rings. The van der Waals surface area contributed by atoms with Gasteiger partial charge in [-0.1, -0.05) is 19.3 Å². The second kappa shape index (κ2) is 8.64. The molecule has 1 fully saturated rings. The molecule has 0 radical (unpaired) electrons. The van der Waals surface area contributed by atoms with Crippen molar-refractivity contribution in [3.05, 3.63) is 23.8 Å². The van der Waals surface area contributed by atoms with Gasteiger partial charge in [0.15, 0.2) is 0 Å². The van der Waals surface area contributed by atoms with Crippen LogP contribution in [0.15, 0.2) is 23.1 Å². The Labute approximate surface area is 149 Å². The Kier molecular flexibility index (Phi) is 6.80. The van der Waals surface area contributed by atoms with Gasteiger partial charge < -0.3 is 15.8 Å². The predicted molar refractivity (Wildman–Crippen MR) is 96.1 cm³/mol. The number of sulfonamides is 1. The van der Waals surface area contributed by atoms with E-state index in [0.29, 0.717) is 12.5 Å². The molecule has 8 heteroatoms. The number of hydrogen-bond acceptors (Lipinski definition) is 5. The molecular weight excluding hydrogens is 342 g/mol. The van der Waals surface area contributed by atoms with Crippen LogP contribution in [0, 0.1) is 5.92 Å². The fourth-order valence-electron chi connectivity index (χ4n) is 3.30. The fourth-order valence-corrected chi connectivity index (χ4v) is 4.21. The van der Waals surface area contributed by atoms with Crippen LogP contribution in [0.2, 0.25) is 0 Å². The van der Waals surface area contributed by atoms with Crippen LogP contribution in [-0.4, -0.2) is 41.1 Å². The van der Waals surface area contributed by atoms with Gasteiger partial charge in [0.1, 0.15) is 10.6 Å². The maximum Gasteiger partial charge on any atom is 0.251 e. The topological polar surface area (TPSA) is 111 Å². The van der Waals surface area contributed by atoms with Crippen molar-refractivity contribution < 1.29 is 17.9 Å². The van der Waals surface area contributed by atoms with Crippen molar-refractivity contribution in [1.82, 2.24) is 10.0 Å². The predicted octanol–water partition coefficient (Wildman–Crippen LogP) is 1.24. The number of hydrogen-bond donors (Lipinski definition) is 3. The largest absolute Gasteiger partial charge is 0.495 e. The van der Waals surface area contributed by atoms with Crippen molar-refractivity contribution in [2.24, 2.45) is 11.7 Å². The van der Waals surface area contributed by atoms with Crippen LogP contribution >= 0.6 is 0 Å². The minimum absolute atomic E-state index is 0.0629. The lowest BCUT2D eigenvalue weighted by molar-refractivity contribution is 0.0915. The monoisotopic (exact) mass is 369 g/mol. The Hall–Kier alpha value is -1.64. The molecule has 1 unspecified atom stereocenters. The lowest BCUT2D eigenvalue weighted by Crippen LogP contribution is -2.45. The molecule has 1 aromatic carbocycles. The standard InChI is InChI=1S/C17H27N3O4S/c1-19-25(22,23)16-10-13(8-9-15(16)24-2)17(21)20-14(11-18)12-6-4-3-5-7-12/h8-10,12,14,19H,3-7,11,18H2,1-2H3,(H,20,21). The zero-order chi connectivity index (χ0) is 18.4. The average molecular weight is 369 g/mol. The summed E-state index contributed by atoms with van der Waals surface area (Å²) in [6.07, 6.45) is 5.66. The zero-order valence-corrected chi connectivity index (χ0v) is 15.6. The number of benzene rings is 1. The SMILES string of the molecule is CNS(=O)(=O)c1cc(C(=O)NC(CN)C2CCCCC2)ccc1OC. The van der Waals surface area contributed by atoms with Gasteiger partial charge in [0, 0.05) is 18.2 Å². The molecule has 1 amide bonds. The first-order valence-electron chi connectivity index (χ1n) is 8.55. The van der Waals surface area contributed by atoms with Crippen LogP contribution in [-0.2, 0) is 10.0 Å². The summed E-state index contributed by atoms with van der Waals surface area (Å²) in [6.45, 7) is 0.369. The summed E-state index contributed by atoms with van der Waals surface area (Å²) >= 11 is 0. The highest BCUT2D eigenvalue weighted by Gasteiger charge is 2.25. The molecule has 1 aromatic rings. The van der Waals surface area contributed by atoms with Crippen molar-refractivity contribution in [1.29, 1.82) is 0 Å². The van der Waals surface area contributed by atoms with Gasteiger partial charge >= 0.3 is 0 Å². The molecule has 0 bridgehead atoms. The highest BCUT2D eigenvalue weighted by molar-refractivity contribution is 7.89. The highest BCUT2D eigenvalue weighted by atomic mass is 32.2. The van der Waals surface area contributed by atoms with E-state index in [0.717, 1.165) is 25.7 Å². The van der Waals surface area contributed by atoms with Gasteiger partial charge in [-0.3, -0.25) is 4.79 Å². The molecule has 2 rings (SSSR count). The third kappa shape index (κ3) is 4.71. The van der Waals surface area contributed by atoms with E-state index in [2.05, 4.69) is 10.0 Å². The number of nitrogens with one attached hydrogen (secondary N) is 2. The highest BCUT2D eigenvalue weighted by Crippen LogP contribution is 2.27. The molecule has 0 aliphatic heterocycles. The molecule has 0 spiro atoms. The smallest absolute Gasteiger partial charge is 0.251 e. The average Bonchev–Trinajstić information content (AvgIpc) is 2.66. The third-order valence-electron chi connectivity index (χ3n) is 4.77. The van der Waals surface area contributed by atoms with Gasteiger partial charge in [0.25, 0.3) is 5.91 Å². The van der Waals surface area contributed by atoms with Crippen molar-refractivity contribution in [2.75, 3.05) is 20.7 Å². The van der Waals surface area contributed by atoms with E-state index in [1.807, 2.05) is 0 Å². The molecule has 7 nitrogen and oxygen atoms in total. The quantitative estimate of drug-likeness (QED) is 0.670. The maximum absolute atomic E-state index is 12.6. The zero-order valence-electron chi connectivity index (χ0n) is 14.7. The molecule has 140 valence electrons. The van der Waals surface area contributed by atoms with Gasteiger partial charge in [-0.25, -0.2) is 13.1 Å². The van der Waals surface area contributed by atoms with Gasteiger partial charge in [-0.05, 0) is 44.0 Å². The van der Waals surface area contributed by atoms with Crippen LogP contribution in [0.25, 0.3) is 0 Å². The van der Waals surface area contributed by atoms with E-state index in [-0.39, 0.29) is 28.2 Å². The van der Waals surface area contributed by atoms with Crippen LogP contribution in [0.1, 0.15) is 42.5 Å². The summed E-state index contributed by atoms with van der Waals surface area (Å²) in [6, 6.07) is 4.27. The molecule has 0 saturated heterocycles. The lowest BCUT2D eigenvalue weighted by atomic mass is 9.84. The number of ether oxygens (including phenoxy) is 1. The van der Waals surface area contributed by atoms with Crippen LogP contribution in [0.4, 0.5) is 0 Å². The lowest BCUT2D eigenvalue weighted by Gasteiger charge is -2.30. The Bertz CT molecular complexity index is 700. The summed E-state index contributed by atoms with van der Waals surface area (Å²) in [4.78, 5) is 12.5. The normalized spacial score (nSPS) is 17.1.